The number of thioether (sulfide) groups is 2. The van der Waals surface area contributed by atoms with Crippen molar-refractivity contribution >= 4 is 29.5 Å². The molecule has 7 heteroatoms. The van der Waals surface area contributed by atoms with Gasteiger partial charge in [0, 0.05) is 13.9 Å². The molecule has 94 valence electrons. The number of carbonyl (C=O) groups excluding carboxylic acids is 1. The first-order valence-electron chi connectivity index (χ1n) is 5.74. The van der Waals surface area contributed by atoms with Crippen molar-refractivity contribution in [3.63, 3.8) is 0 Å². The van der Waals surface area contributed by atoms with Crippen molar-refractivity contribution in [3.05, 3.63) is 24.3 Å². The van der Waals surface area contributed by atoms with E-state index in [0.717, 1.165) is 11.8 Å². The minimum absolute atomic E-state index is 0.468. The largest absolute Gasteiger partial charge is 0.490 e. The van der Waals surface area contributed by atoms with E-state index >= 15 is 0 Å². The summed E-state index contributed by atoms with van der Waals surface area (Å²) in [6.45, 7) is 0. The summed E-state index contributed by atoms with van der Waals surface area (Å²) in [6, 6.07) is 6.15. The third kappa shape index (κ3) is 4.91. The minimum atomic E-state index is -5.00. The Labute approximate surface area is 109 Å². The monoisotopic (exact) mass is 285 g/mol. The number of halogens is 3. The highest BCUT2D eigenvalue weighted by Gasteiger charge is 2.40. The van der Waals surface area contributed by atoms with Gasteiger partial charge < -0.3 is 4.74 Å². The van der Waals surface area contributed by atoms with Crippen molar-refractivity contribution in [2.24, 2.45) is 0 Å². The molecule has 0 aliphatic carbocycles. The molecular weight excluding hydrogens is 273 g/mol. The van der Waals surface area contributed by atoms with E-state index in [0.29, 0.717) is 21.6 Å². The van der Waals surface area contributed by atoms with Gasteiger partial charge >= 0.3 is 12.1 Å². The number of benzene rings is 1. The van der Waals surface area contributed by atoms with Crippen LogP contribution >= 0.6 is 23.5 Å². The summed E-state index contributed by atoms with van der Waals surface area (Å²) in [5.74, 6) is -2.70. The number of carbonyl (C=O) groups is 1. The number of esters is 1. The standard InChI is InChI=1S/C10H9F3O2S2/c1-16-7-2-4-8(5-3-7)17-6-15-9(14)10(11,12)13/h2-5H,6H2,1H3/i1D3. The zero-order valence-corrected chi connectivity index (χ0v) is 9.92. The number of alkyl halides is 3. The van der Waals surface area contributed by atoms with Crippen LogP contribution in [0.5, 0.6) is 0 Å². The summed E-state index contributed by atoms with van der Waals surface area (Å²) in [6.07, 6.45) is -7.16. The Kier molecular flexibility index (Phi) is 3.70. The first kappa shape index (κ1) is 10.1. The van der Waals surface area contributed by atoms with Crippen molar-refractivity contribution in [1.82, 2.24) is 0 Å². The Balaban J connectivity index is 2.45. The lowest BCUT2D eigenvalue weighted by Crippen LogP contribution is -2.25. The molecule has 0 aliphatic rings. The summed E-state index contributed by atoms with van der Waals surface area (Å²) in [4.78, 5) is 11.5. The number of ether oxygens (including phenoxy) is 1. The fourth-order valence-corrected chi connectivity index (χ4v) is 1.74. The molecule has 0 spiro atoms. The zero-order chi connectivity index (χ0) is 15.4. The highest BCUT2D eigenvalue weighted by molar-refractivity contribution is 7.99. The average Bonchev–Trinajstić information content (AvgIpc) is 2.28. The number of hydrogen-bond donors (Lipinski definition) is 0. The van der Waals surface area contributed by atoms with E-state index < -0.39 is 24.3 Å². The van der Waals surface area contributed by atoms with E-state index in [9.17, 15) is 18.0 Å². The Morgan fingerprint density at radius 2 is 1.94 bits per heavy atom. The van der Waals surface area contributed by atoms with Gasteiger partial charge in [0.05, 0.1) is 0 Å². The first-order valence-corrected chi connectivity index (χ1v) is 6.04. The van der Waals surface area contributed by atoms with Crippen LogP contribution in [-0.4, -0.2) is 24.3 Å². The molecular formula is C10H9F3O2S2. The van der Waals surface area contributed by atoms with Crippen molar-refractivity contribution in [2.75, 3.05) is 12.1 Å². The van der Waals surface area contributed by atoms with E-state index in [4.69, 9.17) is 4.11 Å². The van der Waals surface area contributed by atoms with Gasteiger partial charge in [0.2, 0.25) is 0 Å². The summed E-state index contributed by atoms with van der Waals surface area (Å²) < 4.78 is 60.8. The van der Waals surface area contributed by atoms with Gasteiger partial charge in [-0.3, -0.25) is 0 Å². The van der Waals surface area contributed by atoms with E-state index in [1.807, 2.05) is 0 Å². The number of hydrogen-bond acceptors (Lipinski definition) is 4. The molecule has 0 N–H and O–H groups in total. The quantitative estimate of drug-likeness (QED) is 0.480. The third-order valence-corrected chi connectivity index (χ3v) is 2.94. The molecule has 2 nitrogen and oxygen atoms in total. The van der Waals surface area contributed by atoms with Crippen LogP contribution in [0, 0.1) is 0 Å². The van der Waals surface area contributed by atoms with Crippen LogP contribution in [0.15, 0.2) is 34.1 Å². The van der Waals surface area contributed by atoms with Gasteiger partial charge in [0.25, 0.3) is 0 Å². The molecule has 1 rings (SSSR count). The highest BCUT2D eigenvalue weighted by atomic mass is 32.2. The fourth-order valence-electron chi connectivity index (χ4n) is 0.837. The van der Waals surface area contributed by atoms with Crippen LogP contribution in [0.25, 0.3) is 0 Å². The molecule has 0 unspecified atom stereocenters. The highest BCUT2D eigenvalue weighted by Crippen LogP contribution is 2.23. The Bertz CT molecular complexity index is 460. The average molecular weight is 285 g/mol. The fraction of sp³-hybridized carbons (Fsp3) is 0.300. The van der Waals surface area contributed by atoms with Gasteiger partial charge in [0.15, 0.2) is 0 Å². The maximum atomic E-state index is 11.8. The van der Waals surface area contributed by atoms with Crippen molar-refractivity contribution in [3.8, 4) is 0 Å². The molecule has 0 amide bonds. The second kappa shape index (κ2) is 6.20. The lowest BCUT2D eigenvalue weighted by molar-refractivity contribution is -0.197. The summed E-state index contributed by atoms with van der Waals surface area (Å²) in [5, 5.41) is 0. The molecule has 1 aromatic carbocycles. The molecule has 0 fully saturated rings. The Morgan fingerprint density at radius 1 is 1.35 bits per heavy atom. The van der Waals surface area contributed by atoms with Crippen LogP contribution in [0.1, 0.15) is 4.11 Å². The molecule has 0 aromatic heterocycles. The maximum absolute atomic E-state index is 11.8. The van der Waals surface area contributed by atoms with Gasteiger partial charge in [-0.1, -0.05) is 11.8 Å². The van der Waals surface area contributed by atoms with Gasteiger partial charge in [-0.2, -0.15) is 13.2 Å². The molecule has 0 atom stereocenters. The van der Waals surface area contributed by atoms with Crippen molar-refractivity contribution in [1.29, 1.82) is 0 Å². The van der Waals surface area contributed by atoms with Crippen LogP contribution in [-0.2, 0) is 9.53 Å². The van der Waals surface area contributed by atoms with Gasteiger partial charge in [-0.05, 0) is 30.4 Å². The Hall–Kier alpha value is -0.820. The van der Waals surface area contributed by atoms with Gasteiger partial charge in [0.1, 0.15) is 5.94 Å². The molecule has 0 heterocycles. The third-order valence-electron chi connectivity index (χ3n) is 1.59. The predicted octanol–water partition coefficient (Wildman–Crippen LogP) is 3.56. The molecule has 0 bridgehead atoms. The van der Waals surface area contributed by atoms with Crippen molar-refractivity contribution < 1.29 is 26.8 Å². The molecule has 1 aromatic rings. The summed E-state index contributed by atoms with van der Waals surface area (Å²) >= 11 is 1.60. The van der Waals surface area contributed by atoms with Crippen LogP contribution < -0.4 is 0 Å². The van der Waals surface area contributed by atoms with E-state index in [1.165, 1.54) is 12.1 Å². The minimum Gasteiger partial charge on any atom is -0.448 e. The van der Waals surface area contributed by atoms with E-state index in [1.54, 1.807) is 12.1 Å². The molecule has 0 saturated carbocycles. The maximum Gasteiger partial charge on any atom is 0.490 e. The normalized spacial score (nSPS) is 14.6. The first-order chi connectivity index (χ1) is 9.08. The lowest BCUT2D eigenvalue weighted by Gasteiger charge is -2.07. The smallest absolute Gasteiger partial charge is 0.448 e. The van der Waals surface area contributed by atoms with Crippen LogP contribution in [0.3, 0.4) is 0 Å². The predicted molar refractivity (Wildman–Crippen MR) is 61.1 cm³/mol. The molecule has 17 heavy (non-hydrogen) atoms. The second-order valence-electron chi connectivity index (χ2n) is 2.77. The zero-order valence-electron chi connectivity index (χ0n) is 11.3. The van der Waals surface area contributed by atoms with Crippen LogP contribution in [0.4, 0.5) is 13.2 Å². The van der Waals surface area contributed by atoms with Gasteiger partial charge in [-0.25, -0.2) is 4.79 Å². The summed E-state index contributed by atoms with van der Waals surface area (Å²) in [7, 11) is 0. The Morgan fingerprint density at radius 3 is 2.47 bits per heavy atom. The lowest BCUT2D eigenvalue weighted by atomic mass is 10.4. The van der Waals surface area contributed by atoms with Crippen molar-refractivity contribution in [2.45, 2.75) is 16.0 Å². The summed E-state index contributed by atoms with van der Waals surface area (Å²) in [5.41, 5.74) is 0. The van der Waals surface area contributed by atoms with E-state index in [2.05, 4.69) is 4.74 Å². The second-order valence-corrected chi connectivity index (χ2v) is 4.44. The topological polar surface area (TPSA) is 26.3 Å². The van der Waals surface area contributed by atoms with Crippen LogP contribution in [0.2, 0.25) is 0 Å². The van der Waals surface area contributed by atoms with Gasteiger partial charge in [-0.15, -0.1) is 11.8 Å². The molecule has 0 saturated heterocycles. The number of rotatable bonds is 4. The molecule has 0 radical (unpaired) electrons. The SMILES string of the molecule is [2H]C([2H])([2H])Sc1ccc(SCOC(=O)C(F)(F)F)cc1. The van der Waals surface area contributed by atoms with E-state index in [-0.39, 0.29) is 0 Å². The molecule has 0 aliphatic heterocycles.